The molecule has 166 valence electrons. The Morgan fingerprint density at radius 1 is 1.19 bits per heavy atom. The summed E-state index contributed by atoms with van der Waals surface area (Å²) < 4.78 is 1.85. The van der Waals surface area contributed by atoms with Crippen molar-refractivity contribution in [3.8, 4) is 0 Å². The second-order valence-electron chi connectivity index (χ2n) is 7.86. The summed E-state index contributed by atoms with van der Waals surface area (Å²) in [6, 6.07) is 10.3. The van der Waals surface area contributed by atoms with Gasteiger partial charge >= 0.3 is 0 Å². The second-order valence-corrected chi connectivity index (χ2v) is 9.09. The van der Waals surface area contributed by atoms with Crippen LogP contribution in [-0.4, -0.2) is 44.5 Å². The van der Waals surface area contributed by atoms with Gasteiger partial charge in [-0.3, -0.25) is 4.79 Å². The van der Waals surface area contributed by atoms with E-state index in [0.29, 0.717) is 25.4 Å². The van der Waals surface area contributed by atoms with E-state index in [4.69, 9.17) is 4.98 Å². The van der Waals surface area contributed by atoms with Crippen LogP contribution in [0.4, 0.5) is 5.82 Å². The lowest BCUT2D eigenvalue weighted by Crippen LogP contribution is -2.27. The lowest BCUT2D eigenvalue weighted by atomic mass is 10.1. The number of thioether (sulfide) groups is 1. The molecule has 0 unspecified atom stereocenters. The number of benzene rings is 1. The van der Waals surface area contributed by atoms with Gasteiger partial charge in [-0.2, -0.15) is 5.10 Å². The molecule has 8 heteroatoms. The van der Waals surface area contributed by atoms with E-state index in [1.807, 2.05) is 22.9 Å². The molecule has 1 aromatic carbocycles. The van der Waals surface area contributed by atoms with Gasteiger partial charge in [-0.1, -0.05) is 62.9 Å². The quantitative estimate of drug-likeness (QED) is 0.325. The summed E-state index contributed by atoms with van der Waals surface area (Å²) in [6.07, 6.45) is 4.09. The molecule has 0 fully saturated rings. The van der Waals surface area contributed by atoms with Gasteiger partial charge in [0.05, 0.1) is 18.1 Å². The van der Waals surface area contributed by atoms with E-state index in [2.05, 4.69) is 53.6 Å². The topological polar surface area (TPSA) is 84.7 Å². The van der Waals surface area contributed by atoms with Crippen LogP contribution in [0.3, 0.4) is 0 Å². The number of rotatable bonds is 12. The molecular weight excluding hydrogens is 408 g/mol. The predicted molar refractivity (Wildman–Crippen MR) is 127 cm³/mol. The van der Waals surface area contributed by atoms with Crippen LogP contribution in [0, 0.1) is 5.92 Å². The van der Waals surface area contributed by atoms with Crippen LogP contribution in [0.2, 0.25) is 0 Å². The van der Waals surface area contributed by atoms with Gasteiger partial charge < -0.3 is 10.6 Å². The van der Waals surface area contributed by atoms with Crippen molar-refractivity contribution in [2.45, 2.75) is 51.7 Å². The van der Waals surface area contributed by atoms with Crippen LogP contribution in [0.5, 0.6) is 0 Å². The highest BCUT2D eigenvalue weighted by molar-refractivity contribution is 7.99. The molecule has 0 bridgehead atoms. The van der Waals surface area contributed by atoms with Gasteiger partial charge in [0.25, 0.3) is 0 Å². The average molecular weight is 441 g/mol. The van der Waals surface area contributed by atoms with Gasteiger partial charge in [-0.25, -0.2) is 14.6 Å². The van der Waals surface area contributed by atoms with Crippen molar-refractivity contribution in [2.24, 2.45) is 5.92 Å². The van der Waals surface area contributed by atoms with Crippen molar-refractivity contribution in [1.82, 2.24) is 25.1 Å². The zero-order valence-corrected chi connectivity index (χ0v) is 19.4. The third-order valence-corrected chi connectivity index (χ3v) is 5.51. The zero-order chi connectivity index (χ0) is 22.1. The van der Waals surface area contributed by atoms with Crippen LogP contribution in [-0.2, 0) is 17.8 Å². The van der Waals surface area contributed by atoms with Crippen molar-refractivity contribution in [2.75, 3.05) is 24.2 Å². The first-order valence-corrected chi connectivity index (χ1v) is 12.0. The highest BCUT2D eigenvalue weighted by Crippen LogP contribution is 2.24. The largest absolute Gasteiger partial charge is 0.369 e. The van der Waals surface area contributed by atoms with E-state index in [0.717, 1.165) is 47.1 Å². The van der Waals surface area contributed by atoms with Crippen LogP contribution >= 0.6 is 11.8 Å². The molecule has 0 saturated heterocycles. The number of aromatic nitrogens is 4. The van der Waals surface area contributed by atoms with Crippen LogP contribution in [0.25, 0.3) is 11.0 Å². The Morgan fingerprint density at radius 3 is 2.74 bits per heavy atom. The van der Waals surface area contributed by atoms with E-state index in [-0.39, 0.29) is 5.91 Å². The normalized spacial score (nSPS) is 11.2. The molecule has 0 atom stereocenters. The molecule has 31 heavy (non-hydrogen) atoms. The fourth-order valence-electron chi connectivity index (χ4n) is 3.22. The van der Waals surface area contributed by atoms with E-state index in [1.54, 1.807) is 18.0 Å². The molecule has 2 aromatic heterocycles. The number of carbonyl (C=O) groups excluding carboxylic acids is 1. The van der Waals surface area contributed by atoms with E-state index < -0.39 is 0 Å². The number of carbonyl (C=O) groups is 1. The minimum absolute atomic E-state index is 0.0727. The first-order chi connectivity index (χ1) is 15.1. The molecule has 3 rings (SSSR count). The molecule has 7 nitrogen and oxygen atoms in total. The molecule has 0 spiro atoms. The number of hydrogen-bond donors (Lipinski definition) is 2. The van der Waals surface area contributed by atoms with Crippen LogP contribution in [0.15, 0.2) is 41.7 Å². The van der Waals surface area contributed by atoms with Gasteiger partial charge in [0.2, 0.25) is 5.91 Å². The second kappa shape index (κ2) is 11.7. The number of nitrogens with zero attached hydrogens (tertiary/aromatic N) is 4. The van der Waals surface area contributed by atoms with Crippen LogP contribution in [0.1, 0.15) is 39.2 Å². The molecular formula is C23H32N6OS. The Balaban J connectivity index is 1.56. The molecule has 1 amide bonds. The fraction of sp³-hybridized carbons (Fsp3) is 0.478. The highest BCUT2D eigenvalue weighted by atomic mass is 32.2. The highest BCUT2D eigenvalue weighted by Gasteiger charge is 2.13. The summed E-state index contributed by atoms with van der Waals surface area (Å²) in [5.41, 5.74) is 2.07. The number of fused-ring (bicyclic) bond motifs is 1. The first kappa shape index (κ1) is 23.1. The third-order valence-electron chi connectivity index (χ3n) is 4.78. The van der Waals surface area contributed by atoms with Gasteiger partial charge in [0.1, 0.15) is 5.82 Å². The SMILES string of the molecule is CCSc1nc(NCC(C)C)c2cnn(CCNC(=O)CCCc3ccccc3)c2n1. The summed E-state index contributed by atoms with van der Waals surface area (Å²) in [7, 11) is 0. The van der Waals surface area contributed by atoms with Crippen molar-refractivity contribution < 1.29 is 4.79 Å². The Hall–Kier alpha value is -2.61. The van der Waals surface area contributed by atoms with Crippen molar-refractivity contribution in [3.05, 3.63) is 42.1 Å². The van der Waals surface area contributed by atoms with Gasteiger partial charge in [0.15, 0.2) is 10.8 Å². The van der Waals surface area contributed by atoms with Crippen molar-refractivity contribution in [1.29, 1.82) is 0 Å². The summed E-state index contributed by atoms with van der Waals surface area (Å²) in [5.74, 6) is 2.32. The smallest absolute Gasteiger partial charge is 0.220 e. The molecule has 2 N–H and O–H groups in total. The average Bonchev–Trinajstić information content (AvgIpc) is 3.16. The standard InChI is InChI=1S/C23H32N6OS/c1-4-31-23-27-21(25-15-17(2)3)19-16-26-29(22(19)28-23)14-13-24-20(30)12-8-11-18-9-6-5-7-10-18/h5-7,9-10,16-17H,4,8,11-15H2,1-3H3,(H,24,30)(H,25,27,28). The predicted octanol–water partition coefficient (Wildman–Crippen LogP) is 4.15. The van der Waals surface area contributed by atoms with Crippen molar-refractivity contribution in [3.63, 3.8) is 0 Å². The fourth-order valence-corrected chi connectivity index (χ4v) is 3.78. The Bertz CT molecular complexity index is 973. The Labute approximate surface area is 188 Å². The maximum absolute atomic E-state index is 12.2. The number of hydrogen-bond acceptors (Lipinski definition) is 6. The minimum Gasteiger partial charge on any atom is -0.369 e. The van der Waals surface area contributed by atoms with E-state index in [1.165, 1.54) is 5.56 Å². The third kappa shape index (κ3) is 6.95. The Morgan fingerprint density at radius 2 is 2.00 bits per heavy atom. The van der Waals surface area contributed by atoms with E-state index >= 15 is 0 Å². The Kier molecular flexibility index (Phi) is 8.70. The van der Waals surface area contributed by atoms with E-state index in [9.17, 15) is 4.79 Å². The number of amides is 1. The summed E-state index contributed by atoms with van der Waals surface area (Å²) in [6.45, 7) is 8.36. The maximum atomic E-state index is 12.2. The maximum Gasteiger partial charge on any atom is 0.220 e. The number of anilines is 1. The summed E-state index contributed by atoms with van der Waals surface area (Å²) in [5, 5.41) is 12.6. The molecule has 3 aromatic rings. The number of nitrogens with one attached hydrogen (secondary N) is 2. The molecule has 0 aliphatic rings. The molecule has 0 aliphatic heterocycles. The number of aryl methyl sites for hydroxylation is 1. The van der Waals surface area contributed by atoms with Crippen LogP contribution < -0.4 is 10.6 Å². The molecule has 2 heterocycles. The van der Waals surface area contributed by atoms with Gasteiger partial charge in [0, 0.05) is 19.5 Å². The van der Waals surface area contributed by atoms with Gasteiger partial charge in [-0.05, 0) is 30.1 Å². The summed E-state index contributed by atoms with van der Waals surface area (Å²) in [4.78, 5) is 21.5. The lowest BCUT2D eigenvalue weighted by Gasteiger charge is -2.11. The first-order valence-electron chi connectivity index (χ1n) is 11.0. The zero-order valence-electron chi connectivity index (χ0n) is 18.6. The molecule has 0 aliphatic carbocycles. The lowest BCUT2D eigenvalue weighted by molar-refractivity contribution is -0.121. The minimum atomic E-state index is 0.0727. The summed E-state index contributed by atoms with van der Waals surface area (Å²) >= 11 is 1.61. The monoisotopic (exact) mass is 440 g/mol. The molecule has 0 saturated carbocycles. The molecule has 0 radical (unpaired) electrons. The van der Waals surface area contributed by atoms with Crippen molar-refractivity contribution >= 4 is 34.5 Å². The van der Waals surface area contributed by atoms with Gasteiger partial charge in [-0.15, -0.1) is 0 Å².